The lowest BCUT2D eigenvalue weighted by Gasteiger charge is -2.15. The molecule has 0 radical (unpaired) electrons. The summed E-state index contributed by atoms with van der Waals surface area (Å²) >= 11 is 0. The van der Waals surface area contributed by atoms with Gasteiger partial charge in [-0.2, -0.15) is 0 Å². The first-order valence-electron chi connectivity index (χ1n) is 9.91. The summed E-state index contributed by atoms with van der Waals surface area (Å²) in [5.41, 5.74) is 6.92. The highest BCUT2D eigenvalue weighted by atomic mass is 32.2. The smallest absolute Gasteiger partial charge is 0.150 e. The van der Waals surface area contributed by atoms with Gasteiger partial charge in [-0.1, -0.05) is 32.3 Å². The second-order valence-corrected chi connectivity index (χ2v) is 10.1. The first-order valence-corrected chi connectivity index (χ1v) is 11.8. The Bertz CT molecular complexity index is 717. The molecule has 0 aromatic heterocycles. The Morgan fingerprint density at radius 1 is 1.04 bits per heavy atom. The number of Topliss-reactive ketones (excluding diaryl/α,β-unsaturated/α-hetero) is 1. The largest absolute Gasteiger partial charge is 0.298 e. The zero-order valence-electron chi connectivity index (χ0n) is 15.5. The van der Waals surface area contributed by atoms with Crippen LogP contribution in [0.3, 0.4) is 0 Å². The minimum Gasteiger partial charge on any atom is -0.298 e. The molecule has 138 valence electrons. The SMILES string of the molecule is CCCCCCS(=N)(=O)CC(=O)Cc1c2c(cc3c1CCC3)CCC2. The summed E-state index contributed by atoms with van der Waals surface area (Å²) in [6, 6.07) is 2.38. The van der Waals surface area contributed by atoms with E-state index >= 15 is 0 Å². The third-order valence-electron chi connectivity index (χ3n) is 5.69. The first kappa shape index (κ1) is 18.6. The van der Waals surface area contributed by atoms with Crippen molar-refractivity contribution in [3.8, 4) is 0 Å². The summed E-state index contributed by atoms with van der Waals surface area (Å²) < 4.78 is 20.5. The van der Waals surface area contributed by atoms with Crippen LogP contribution in [0, 0.1) is 4.78 Å². The van der Waals surface area contributed by atoms with Crippen molar-refractivity contribution in [1.82, 2.24) is 0 Å². The number of hydrogen-bond acceptors (Lipinski definition) is 3. The topological polar surface area (TPSA) is 58.0 Å². The summed E-state index contributed by atoms with van der Waals surface area (Å²) in [6.07, 6.45) is 11.3. The molecule has 0 saturated carbocycles. The third kappa shape index (κ3) is 4.52. The lowest BCUT2D eigenvalue weighted by molar-refractivity contribution is -0.116. The van der Waals surface area contributed by atoms with Crippen molar-refractivity contribution >= 4 is 15.5 Å². The van der Waals surface area contributed by atoms with Gasteiger partial charge in [0.25, 0.3) is 0 Å². The molecule has 0 amide bonds. The fourth-order valence-electron chi connectivity index (χ4n) is 4.49. The highest BCUT2D eigenvalue weighted by Crippen LogP contribution is 2.35. The average Bonchev–Trinajstić information content (AvgIpc) is 3.19. The number of benzene rings is 1. The van der Waals surface area contributed by atoms with Crippen LogP contribution in [-0.2, 0) is 46.6 Å². The highest BCUT2D eigenvalue weighted by Gasteiger charge is 2.25. The van der Waals surface area contributed by atoms with Crippen LogP contribution in [0.4, 0.5) is 0 Å². The normalized spacial score (nSPS) is 18.0. The Hall–Kier alpha value is -1.16. The highest BCUT2D eigenvalue weighted by molar-refractivity contribution is 7.93. The van der Waals surface area contributed by atoms with Crippen molar-refractivity contribution in [3.63, 3.8) is 0 Å². The van der Waals surface area contributed by atoms with E-state index in [0.717, 1.165) is 51.4 Å². The van der Waals surface area contributed by atoms with Crippen LogP contribution in [0.2, 0.25) is 0 Å². The van der Waals surface area contributed by atoms with E-state index in [1.165, 1.54) is 40.7 Å². The Morgan fingerprint density at radius 3 is 2.28 bits per heavy atom. The fraction of sp³-hybridized carbons (Fsp3) is 0.667. The number of fused-ring (bicyclic) bond motifs is 2. The van der Waals surface area contributed by atoms with Gasteiger partial charge in [0.2, 0.25) is 0 Å². The lowest BCUT2D eigenvalue weighted by Crippen LogP contribution is -2.20. The molecule has 1 N–H and O–H groups in total. The summed E-state index contributed by atoms with van der Waals surface area (Å²) in [4.78, 5) is 12.6. The van der Waals surface area contributed by atoms with Gasteiger partial charge in [-0.15, -0.1) is 0 Å². The molecule has 1 unspecified atom stereocenters. The van der Waals surface area contributed by atoms with Crippen molar-refractivity contribution in [2.45, 2.75) is 77.6 Å². The van der Waals surface area contributed by atoms with Crippen LogP contribution >= 0.6 is 0 Å². The molecular weight excluding hydrogens is 330 g/mol. The van der Waals surface area contributed by atoms with E-state index in [4.69, 9.17) is 4.78 Å². The van der Waals surface area contributed by atoms with Gasteiger partial charge in [-0.25, -0.2) is 4.21 Å². The molecule has 1 aromatic carbocycles. The van der Waals surface area contributed by atoms with E-state index in [1.807, 2.05) is 0 Å². The summed E-state index contributed by atoms with van der Waals surface area (Å²) in [7, 11) is -2.76. The van der Waals surface area contributed by atoms with Gasteiger partial charge >= 0.3 is 0 Å². The lowest BCUT2D eigenvalue weighted by atomic mass is 9.91. The van der Waals surface area contributed by atoms with Crippen molar-refractivity contribution < 1.29 is 9.00 Å². The van der Waals surface area contributed by atoms with Crippen molar-refractivity contribution in [1.29, 1.82) is 4.78 Å². The van der Waals surface area contributed by atoms with Crippen LogP contribution < -0.4 is 0 Å². The minimum absolute atomic E-state index is 0.00453. The fourth-order valence-corrected chi connectivity index (χ4v) is 5.93. The number of carbonyl (C=O) groups is 1. The van der Waals surface area contributed by atoms with Gasteiger partial charge in [0.1, 0.15) is 0 Å². The number of nitrogens with one attached hydrogen (secondary N) is 1. The Kier molecular flexibility index (Phi) is 5.98. The molecule has 3 rings (SSSR count). The van der Waals surface area contributed by atoms with Crippen molar-refractivity contribution in [2.24, 2.45) is 0 Å². The predicted molar refractivity (Wildman–Crippen MR) is 104 cm³/mol. The van der Waals surface area contributed by atoms with E-state index in [9.17, 15) is 9.00 Å². The molecule has 0 spiro atoms. The quantitative estimate of drug-likeness (QED) is 0.663. The summed E-state index contributed by atoms with van der Waals surface area (Å²) in [5, 5.41) is 0. The van der Waals surface area contributed by atoms with E-state index in [0.29, 0.717) is 12.2 Å². The molecule has 2 aliphatic carbocycles. The zero-order valence-corrected chi connectivity index (χ0v) is 16.3. The van der Waals surface area contributed by atoms with Gasteiger partial charge < -0.3 is 0 Å². The second-order valence-electron chi connectivity index (χ2n) is 7.77. The van der Waals surface area contributed by atoms with E-state index in [1.54, 1.807) is 0 Å². The number of ketones is 1. The monoisotopic (exact) mass is 361 g/mol. The second kappa shape index (κ2) is 8.03. The minimum atomic E-state index is -2.76. The number of unbranched alkanes of at least 4 members (excludes halogenated alkanes) is 3. The van der Waals surface area contributed by atoms with Crippen molar-refractivity contribution in [2.75, 3.05) is 11.5 Å². The molecule has 4 heteroatoms. The molecule has 3 nitrogen and oxygen atoms in total. The molecule has 2 aliphatic rings. The predicted octanol–water partition coefficient (Wildman–Crippen LogP) is 4.40. The molecule has 0 aliphatic heterocycles. The van der Waals surface area contributed by atoms with Gasteiger partial charge in [0.05, 0.1) is 15.5 Å². The number of carbonyl (C=O) groups excluding carboxylic acids is 1. The third-order valence-corrected chi connectivity index (χ3v) is 7.43. The molecule has 0 bridgehead atoms. The van der Waals surface area contributed by atoms with Crippen LogP contribution in [0.25, 0.3) is 0 Å². The van der Waals surface area contributed by atoms with Crippen LogP contribution in [0.5, 0.6) is 0 Å². The first-order chi connectivity index (χ1) is 12.0. The standard InChI is InChI=1S/C21H31NO2S/c1-2-3-4-5-12-25(22,24)15-18(23)14-21-19-10-6-8-16(19)13-17-9-7-11-20(17)21/h13,22H,2-12,14-15H2,1H3. The summed E-state index contributed by atoms with van der Waals surface area (Å²) in [5.74, 6) is 0.325. The maximum absolute atomic E-state index is 12.6. The summed E-state index contributed by atoms with van der Waals surface area (Å²) in [6.45, 7) is 2.14. The maximum Gasteiger partial charge on any atom is 0.150 e. The van der Waals surface area contributed by atoms with E-state index in [-0.39, 0.29) is 11.5 Å². The average molecular weight is 362 g/mol. The maximum atomic E-state index is 12.6. The van der Waals surface area contributed by atoms with Gasteiger partial charge in [-0.3, -0.25) is 9.57 Å². The van der Waals surface area contributed by atoms with Crippen LogP contribution in [0.1, 0.15) is 73.3 Å². The number of aryl methyl sites for hydroxylation is 2. The molecule has 0 heterocycles. The number of hydrogen-bond donors (Lipinski definition) is 1. The van der Waals surface area contributed by atoms with Crippen molar-refractivity contribution in [3.05, 3.63) is 33.9 Å². The molecule has 1 aromatic rings. The Labute approximate surface area is 152 Å². The molecule has 1 atom stereocenters. The Balaban J connectivity index is 1.68. The zero-order chi connectivity index (χ0) is 17.9. The molecule has 0 saturated heterocycles. The Morgan fingerprint density at radius 2 is 1.68 bits per heavy atom. The molecular formula is C21H31NO2S. The number of rotatable bonds is 9. The van der Waals surface area contributed by atoms with E-state index in [2.05, 4.69) is 13.0 Å². The van der Waals surface area contributed by atoms with Gasteiger partial charge in [-0.05, 0) is 72.8 Å². The van der Waals surface area contributed by atoms with E-state index < -0.39 is 9.73 Å². The van der Waals surface area contributed by atoms with Gasteiger partial charge in [0, 0.05) is 12.2 Å². The van der Waals surface area contributed by atoms with Gasteiger partial charge in [0.15, 0.2) is 5.78 Å². The van der Waals surface area contributed by atoms with Crippen LogP contribution in [0.15, 0.2) is 6.07 Å². The molecule has 25 heavy (non-hydrogen) atoms. The van der Waals surface area contributed by atoms with Crippen LogP contribution in [-0.4, -0.2) is 21.5 Å². The molecule has 0 fully saturated rings.